The Kier molecular flexibility index (Phi) is 3.68. The summed E-state index contributed by atoms with van der Waals surface area (Å²) in [5.41, 5.74) is 6.93. The summed E-state index contributed by atoms with van der Waals surface area (Å²) < 4.78 is 0. The summed E-state index contributed by atoms with van der Waals surface area (Å²) in [6.45, 7) is 6.53. The monoisotopic (exact) mass is 230 g/mol. The molecule has 0 amide bonds. The van der Waals surface area contributed by atoms with Crippen LogP contribution in [0.4, 0.5) is 0 Å². The number of benzene rings is 1. The third-order valence-corrected chi connectivity index (χ3v) is 3.67. The first-order valence-corrected chi connectivity index (χ1v) is 6.50. The molecule has 1 aliphatic rings. The molecule has 0 heterocycles. The molecule has 1 N–H and O–H groups in total. The normalized spacial score (nSPS) is 20.2. The smallest absolute Gasteiger partial charge is 0.0723 e. The molecular formula is C16H22O. The van der Waals surface area contributed by atoms with Gasteiger partial charge in [0, 0.05) is 0 Å². The molecule has 1 aromatic rings. The zero-order valence-corrected chi connectivity index (χ0v) is 11.1. The number of hydrogen-bond donors (Lipinski definition) is 1. The van der Waals surface area contributed by atoms with Gasteiger partial charge in [-0.25, -0.2) is 0 Å². The second-order valence-electron chi connectivity index (χ2n) is 5.34. The maximum absolute atomic E-state index is 9.66. The summed E-state index contributed by atoms with van der Waals surface area (Å²) in [5.74, 6) is 0. The average Bonchev–Trinajstić information content (AvgIpc) is 2.23. The van der Waals surface area contributed by atoms with Gasteiger partial charge in [-0.2, -0.15) is 0 Å². The number of aliphatic hydroxyl groups is 1. The summed E-state index contributed by atoms with van der Waals surface area (Å²) in [7, 11) is 0. The van der Waals surface area contributed by atoms with Crippen molar-refractivity contribution in [2.75, 3.05) is 0 Å². The molecule has 0 spiro atoms. The Morgan fingerprint density at radius 3 is 2.41 bits per heavy atom. The summed E-state index contributed by atoms with van der Waals surface area (Å²) in [4.78, 5) is 0. The van der Waals surface area contributed by atoms with Crippen LogP contribution in [-0.2, 0) is 6.42 Å². The van der Waals surface area contributed by atoms with Crippen LogP contribution >= 0.6 is 0 Å². The first kappa shape index (κ1) is 12.4. The minimum absolute atomic E-state index is 0.218. The molecule has 1 aromatic carbocycles. The molecule has 0 radical (unpaired) electrons. The van der Waals surface area contributed by atoms with Crippen molar-refractivity contribution in [2.24, 2.45) is 0 Å². The Hall–Kier alpha value is -1.08. The second kappa shape index (κ2) is 5.05. The molecule has 0 bridgehead atoms. The fourth-order valence-corrected chi connectivity index (χ4v) is 2.84. The fourth-order valence-electron chi connectivity index (χ4n) is 2.84. The molecule has 1 nitrogen and oxygen atoms in total. The van der Waals surface area contributed by atoms with Crippen molar-refractivity contribution < 1.29 is 5.11 Å². The van der Waals surface area contributed by atoms with E-state index in [9.17, 15) is 5.11 Å². The number of allylic oxidation sites excluding steroid dienone is 1. The van der Waals surface area contributed by atoms with Gasteiger partial charge >= 0.3 is 0 Å². The van der Waals surface area contributed by atoms with E-state index in [2.05, 4.69) is 39.0 Å². The lowest BCUT2D eigenvalue weighted by atomic mass is 9.89. The fraction of sp³-hybridized carbons (Fsp3) is 0.500. The van der Waals surface area contributed by atoms with E-state index < -0.39 is 0 Å². The molecule has 0 aromatic heterocycles. The van der Waals surface area contributed by atoms with Gasteiger partial charge in [-0.05, 0) is 63.1 Å². The average molecular weight is 230 g/mol. The van der Waals surface area contributed by atoms with Gasteiger partial charge in [0.2, 0.25) is 0 Å². The predicted molar refractivity (Wildman–Crippen MR) is 72.3 cm³/mol. The maximum Gasteiger partial charge on any atom is 0.0723 e. The maximum atomic E-state index is 9.66. The van der Waals surface area contributed by atoms with E-state index in [1.165, 1.54) is 27.8 Å². The molecule has 0 saturated heterocycles. The predicted octanol–water partition coefficient (Wildman–Crippen LogP) is 3.63. The Labute approximate surface area is 104 Å². The second-order valence-corrected chi connectivity index (χ2v) is 5.34. The minimum atomic E-state index is -0.218. The number of aliphatic hydroxyl groups excluding tert-OH is 1. The van der Waals surface area contributed by atoms with Gasteiger partial charge in [-0.15, -0.1) is 0 Å². The van der Waals surface area contributed by atoms with Crippen molar-refractivity contribution in [1.29, 1.82) is 0 Å². The van der Waals surface area contributed by atoms with E-state index >= 15 is 0 Å². The van der Waals surface area contributed by atoms with E-state index in [1.54, 1.807) is 0 Å². The van der Waals surface area contributed by atoms with E-state index in [-0.39, 0.29) is 6.10 Å². The third-order valence-electron chi connectivity index (χ3n) is 3.67. The van der Waals surface area contributed by atoms with Crippen LogP contribution in [0.2, 0.25) is 0 Å². The van der Waals surface area contributed by atoms with Crippen molar-refractivity contribution in [3.63, 3.8) is 0 Å². The van der Waals surface area contributed by atoms with Gasteiger partial charge < -0.3 is 5.11 Å². The lowest BCUT2D eigenvalue weighted by Crippen LogP contribution is -2.11. The highest BCUT2D eigenvalue weighted by atomic mass is 16.3. The van der Waals surface area contributed by atoms with E-state index in [1.807, 2.05) is 0 Å². The van der Waals surface area contributed by atoms with Gasteiger partial charge in [-0.3, -0.25) is 0 Å². The molecule has 1 heteroatoms. The number of rotatable bonds is 2. The number of aryl methyl sites for hydroxylation is 3. The van der Waals surface area contributed by atoms with Crippen LogP contribution in [0.15, 0.2) is 23.8 Å². The minimum Gasteiger partial charge on any atom is -0.389 e. The first-order valence-electron chi connectivity index (χ1n) is 6.50. The standard InChI is InChI=1S/C16H22O/c1-11-7-12(2)16(13(3)8-11)10-14-5-4-6-15(17)9-14/h7-9,15,17H,4-6,10H2,1-3H3. The van der Waals surface area contributed by atoms with Gasteiger partial charge in [0.25, 0.3) is 0 Å². The molecule has 17 heavy (non-hydrogen) atoms. The third kappa shape index (κ3) is 2.98. The van der Waals surface area contributed by atoms with Crippen molar-refractivity contribution in [2.45, 2.75) is 52.6 Å². The highest BCUT2D eigenvalue weighted by molar-refractivity contribution is 5.40. The SMILES string of the molecule is Cc1cc(C)c(CC2=CC(O)CCC2)c(C)c1. The number of hydrogen-bond acceptors (Lipinski definition) is 1. The first-order chi connectivity index (χ1) is 8.06. The zero-order chi connectivity index (χ0) is 12.4. The summed E-state index contributed by atoms with van der Waals surface area (Å²) >= 11 is 0. The van der Waals surface area contributed by atoms with Gasteiger partial charge in [0.05, 0.1) is 6.10 Å². The molecule has 2 rings (SSSR count). The molecule has 1 atom stereocenters. The zero-order valence-electron chi connectivity index (χ0n) is 11.1. The highest BCUT2D eigenvalue weighted by Crippen LogP contribution is 2.25. The van der Waals surface area contributed by atoms with Gasteiger partial charge in [-0.1, -0.05) is 29.3 Å². The Morgan fingerprint density at radius 1 is 1.18 bits per heavy atom. The quantitative estimate of drug-likeness (QED) is 0.769. The van der Waals surface area contributed by atoms with Crippen LogP contribution in [0, 0.1) is 20.8 Å². The van der Waals surface area contributed by atoms with E-state index in [0.717, 1.165) is 25.7 Å². The topological polar surface area (TPSA) is 20.2 Å². The lowest BCUT2D eigenvalue weighted by molar-refractivity contribution is 0.202. The molecule has 1 aliphatic carbocycles. The molecule has 0 aliphatic heterocycles. The van der Waals surface area contributed by atoms with Crippen LogP contribution in [0.25, 0.3) is 0 Å². The van der Waals surface area contributed by atoms with Crippen molar-refractivity contribution in [3.05, 3.63) is 46.0 Å². The molecular weight excluding hydrogens is 208 g/mol. The van der Waals surface area contributed by atoms with E-state index in [4.69, 9.17) is 0 Å². The Morgan fingerprint density at radius 2 is 1.82 bits per heavy atom. The van der Waals surface area contributed by atoms with Gasteiger partial charge in [0.15, 0.2) is 0 Å². The summed E-state index contributed by atoms with van der Waals surface area (Å²) in [6.07, 6.45) is 6.04. The van der Waals surface area contributed by atoms with Crippen LogP contribution < -0.4 is 0 Å². The molecule has 1 unspecified atom stereocenters. The Balaban J connectivity index is 2.24. The summed E-state index contributed by atoms with van der Waals surface area (Å²) in [5, 5.41) is 9.66. The largest absolute Gasteiger partial charge is 0.389 e. The van der Waals surface area contributed by atoms with E-state index in [0.29, 0.717) is 0 Å². The lowest BCUT2D eigenvalue weighted by Gasteiger charge is -2.19. The van der Waals surface area contributed by atoms with Crippen molar-refractivity contribution >= 4 is 0 Å². The summed E-state index contributed by atoms with van der Waals surface area (Å²) in [6, 6.07) is 4.50. The van der Waals surface area contributed by atoms with Crippen molar-refractivity contribution in [1.82, 2.24) is 0 Å². The highest BCUT2D eigenvalue weighted by Gasteiger charge is 2.13. The van der Waals surface area contributed by atoms with Crippen LogP contribution in [0.3, 0.4) is 0 Å². The van der Waals surface area contributed by atoms with Crippen LogP contribution in [-0.4, -0.2) is 11.2 Å². The van der Waals surface area contributed by atoms with Gasteiger partial charge in [0.1, 0.15) is 0 Å². The molecule has 92 valence electrons. The van der Waals surface area contributed by atoms with Crippen LogP contribution in [0.5, 0.6) is 0 Å². The molecule has 0 saturated carbocycles. The molecule has 0 fully saturated rings. The van der Waals surface area contributed by atoms with Crippen molar-refractivity contribution in [3.8, 4) is 0 Å². The Bertz CT molecular complexity index is 420. The van der Waals surface area contributed by atoms with Crippen LogP contribution in [0.1, 0.15) is 41.5 Å².